The largest absolute Gasteiger partial charge is 0.316 e. The zero-order valence-electron chi connectivity index (χ0n) is 11.6. The summed E-state index contributed by atoms with van der Waals surface area (Å²) in [5, 5.41) is 3.51. The maximum Gasteiger partial charge on any atom is 0.0420 e. The summed E-state index contributed by atoms with van der Waals surface area (Å²) in [6, 6.07) is 15.5. The van der Waals surface area contributed by atoms with Crippen molar-refractivity contribution in [3.8, 4) is 0 Å². The van der Waals surface area contributed by atoms with Crippen LogP contribution in [0.4, 0.5) is 0 Å². The molecule has 1 atom stereocenters. The van der Waals surface area contributed by atoms with Crippen LogP contribution in [0.2, 0.25) is 0 Å². The van der Waals surface area contributed by atoms with Gasteiger partial charge in [-0.05, 0) is 53.5 Å². The monoisotopic (exact) mass is 330 g/mol. The van der Waals surface area contributed by atoms with Crippen molar-refractivity contribution < 1.29 is 0 Å². The molecule has 0 bridgehead atoms. The van der Waals surface area contributed by atoms with Gasteiger partial charge in [0.2, 0.25) is 0 Å². The van der Waals surface area contributed by atoms with E-state index in [4.69, 9.17) is 0 Å². The van der Waals surface area contributed by atoms with E-state index in [9.17, 15) is 0 Å². The van der Waals surface area contributed by atoms with Crippen LogP contribution in [0.1, 0.15) is 24.1 Å². The molecule has 0 aliphatic heterocycles. The van der Waals surface area contributed by atoms with E-state index in [0.29, 0.717) is 11.5 Å². The molecule has 0 amide bonds. The molecular weight excluding hydrogens is 312 g/mol. The van der Waals surface area contributed by atoms with Gasteiger partial charge in [0.1, 0.15) is 0 Å². The number of nitrogens with zero attached hydrogens (tertiary/aromatic N) is 1. The molecule has 0 spiro atoms. The highest BCUT2D eigenvalue weighted by Gasteiger charge is 2.49. The lowest BCUT2D eigenvalue weighted by Crippen LogP contribution is -2.39. The second-order valence-electron chi connectivity index (χ2n) is 5.54. The van der Waals surface area contributed by atoms with E-state index in [1.54, 1.807) is 0 Å². The second kappa shape index (κ2) is 5.66. The second-order valence-corrected chi connectivity index (χ2v) is 6.45. The number of pyridine rings is 1. The Morgan fingerprint density at radius 3 is 2.50 bits per heavy atom. The number of halogens is 1. The summed E-state index contributed by atoms with van der Waals surface area (Å²) in [6.07, 6.45) is 5.38. The molecule has 2 aromatic rings. The smallest absolute Gasteiger partial charge is 0.0420 e. The summed E-state index contributed by atoms with van der Waals surface area (Å²) in [5.41, 5.74) is 2.90. The molecule has 1 unspecified atom stereocenters. The van der Waals surface area contributed by atoms with E-state index in [-0.39, 0.29) is 0 Å². The van der Waals surface area contributed by atoms with Crippen molar-refractivity contribution in [2.24, 2.45) is 0 Å². The van der Waals surface area contributed by atoms with Crippen LogP contribution in [0.5, 0.6) is 0 Å². The fraction of sp³-hybridized carbons (Fsp3) is 0.353. The zero-order chi connectivity index (χ0) is 14.0. The van der Waals surface area contributed by atoms with Crippen LogP contribution >= 0.6 is 15.9 Å². The van der Waals surface area contributed by atoms with Gasteiger partial charge in [0.05, 0.1) is 0 Å². The van der Waals surface area contributed by atoms with E-state index in [1.807, 2.05) is 6.20 Å². The van der Waals surface area contributed by atoms with Crippen molar-refractivity contribution in [1.29, 1.82) is 0 Å². The van der Waals surface area contributed by atoms with Gasteiger partial charge in [-0.2, -0.15) is 0 Å². The highest BCUT2D eigenvalue weighted by molar-refractivity contribution is 9.10. The quantitative estimate of drug-likeness (QED) is 0.903. The number of rotatable bonds is 5. The maximum absolute atomic E-state index is 4.51. The lowest BCUT2D eigenvalue weighted by Gasteiger charge is -2.27. The molecule has 1 N–H and O–H groups in total. The fourth-order valence-corrected chi connectivity index (χ4v) is 3.29. The fourth-order valence-electron chi connectivity index (χ4n) is 3.05. The van der Waals surface area contributed by atoms with Crippen LogP contribution in [0.25, 0.3) is 0 Å². The predicted molar refractivity (Wildman–Crippen MR) is 85.8 cm³/mol. The molecule has 1 aromatic carbocycles. The number of hydrogen-bond donors (Lipinski definition) is 1. The lowest BCUT2D eigenvalue weighted by molar-refractivity contribution is 0.439. The normalized spacial score (nSPS) is 17.7. The van der Waals surface area contributed by atoms with Gasteiger partial charge >= 0.3 is 0 Å². The first-order valence-corrected chi connectivity index (χ1v) is 7.87. The Labute approximate surface area is 128 Å². The van der Waals surface area contributed by atoms with Gasteiger partial charge in [0.25, 0.3) is 0 Å². The summed E-state index contributed by atoms with van der Waals surface area (Å²) in [7, 11) is 2.06. The van der Waals surface area contributed by atoms with Crippen LogP contribution in [0.15, 0.2) is 53.1 Å². The van der Waals surface area contributed by atoms with Gasteiger partial charge in [-0.15, -0.1) is 0 Å². The summed E-state index contributed by atoms with van der Waals surface area (Å²) < 4.78 is 1.03. The Hall–Kier alpha value is -1.19. The van der Waals surface area contributed by atoms with Crippen LogP contribution in [0, 0.1) is 0 Å². The highest BCUT2D eigenvalue weighted by atomic mass is 79.9. The Bertz CT molecular complexity index is 561. The van der Waals surface area contributed by atoms with Crippen LogP contribution in [-0.4, -0.2) is 18.1 Å². The van der Waals surface area contributed by atoms with Gasteiger partial charge in [-0.25, -0.2) is 0 Å². The first-order valence-electron chi connectivity index (χ1n) is 7.08. The topological polar surface area (TPSA) is 24.9 Å². The van der Waals surface area contributed by atoms with Gasteiger partial charge in [0.15, 0.2) is 0 Å². The van der Waals surface area contributed by atoms with Gasteiger partial charge < -0.3 is 5.32 Å². The summed E-state index contributed by atoms with van der Waals surface area (Å²) >= 11 is 3.44. The number of nitrogens with one attached hydrogen (secondary N) is 1. The minimum Gasteiger partial charge on any atom is -0.316 e. The van der Waals surface area contributed by atoms with Gasteiger partial charge in [0, 0.05) is 34.2 Å². The Balaban J connectivity index is 1.82. The number of benzene rings is 1. The molecule has 1 fully saturated rings. The summed E-state index contributed by atoms with van der Waals surface area (Å²) in [5.74, 6) is 0. The molecule has 1 aromatic heterocycles. The zero-order valence-corrected chi connectivity index (χ0v) is 13.2. The van der Waals surface area contributed by atoms with Crippen LogP contribution in [-0.2, 0) is 11.8 Å². The summed E-state index contributed by atoms with van der Waals surface area (Å²) in [6.45, 7) is 0. The van der Waals surface area contributed by atoms with Crippen LogP contribution < -0.4 is 5.32 Å². The number of likely N-dealkylation sites (N-methyl/N-ethyl adjacent to an activating group) is 1. The molecule has 104 valence electrons. The molecular formula is C17H19BrN2. The molecule has 0 saturated heterocycles. The van der Waals surface area contributed by atoms with Crippen molar-refractivity contribution in [3.63, 3.8) is 0 Å². The third-order valence-electron chi connectivity index (χ3n) is 4.35. The maximum atomic E-state index is 4.51. The molecule has 1 aliphatic rings. The first-order chi connectivity index (χ1) is 9.74. The predicted octanol–water partition coefficient (Wildman–Crippen LogP) is 3.71. The molecule has 1 saturated carbocycles. The molecule has 0 radical (unpaired) electrons. The average Bonchev–Trinajstić information content (AvgIpc) is 3.29. The molecule has 2 nitrogen and oxygen atoms in total. The van der Waals surface area contributed by atoms with Crippen molar-refractivity contribution in [2.75, 3.05) is 7.05 Å². The van der Waals surface area contributed by atoms with E-state index >= 15 is 0 Å². The minimum atomic E-state index is 0.296. The van der Waals surface area contributed by atoms with E-state index in [1.165, 1.54) is 18.4 Å². The third kappa shape index (κ3) is 2.65. The Morgan fingerprint density at radius 1 is 1.20 bits per heavy atom. The molecule has 20 heavy (non-hydrogen) atoms. The van der Waals surface area contributed by atoms with Gasteiger partial charge in [-0.1, -0.05) is 30.3 Å². The highest BCUT2D eigenvalue weighted by Crippen LogP contribution is 2.51. The van der Waals surface area contributed by atoms with E-state index in [2.05, 4.69) is 75.7 Å². The van der Waals surface area contributed by atoms with Crippen molar-refractivity contribution in [2.45, 2.75) is 30.7 Å². The summed E-state index contributed by atoms with van der Waals surface area (Å²) in [4.78, 5) is 4.51. The Morgan fingerprint density at radius 2 is 1.95 bits per heavy atom. The van der Waals surface area contributed by atoms with Crippen molar-refractivity contribution in [1.82, 2.24) is 10.3 Å². The van der Waals surface area contributed by atoms with Crippen molar-refractivity contribution in [3.05, 3.63) is 64.4 Å². The Kier molecular flexibility index (Phi) is 3.90. The molecule has 3 rings (SSSR count). The van der Waals surface area contributed by atoms with E-state index < -0.39 is 0 Å². The first kappa shape index (κ1) is 13.8. The lowest BCUT2D eigenvalue weighted by atomic mass is 9.85. The van der Waals surface area contributed by atoms with Crippen molar-refractivity contribution >= 4 is 15.9 Å². The van der Waals surface area contributed by atoms with Crippen LogP contribution in [0.3, 0.4) is 0 Å². The molecule has 1 heterocycles. The standard InChI is InChI=1S/C17H19BrN2/c1-19-16(11-15-8-7-14(18)12-20-15)17(9-10-17)13-5-3-2-4-6-13/h2-8,12,16,19H,9-11H2,1H3. The number of aromatic nitrogens is 1. The third-order valence-corrected chi connectivity index (χ3v) is 4.82. The molecule has 1 aliphatic carbocycles. The van der Waals surface area contributed by atoms with E-state index in [0.717, 1.165) is 16.6 Å². The SMILES string of the molecule is CNC(Cc1ccc(Br)cn1)C1(c2ccccc2)CC1. The minimum absolute atomic E-state index is 0.296. The van der Waals surface area contributed by atoms with Gasteiger partial charge in [-0.3, -0.25) is 4.98 Å². The average molecular weight is 331 g/mol. The molecule has 3 heteroatoms. The number of hydrogen-bond acceptors (Lipinski definition) is 2.